The van der Waals surface area contributed by atoms with Crippen LogP contribution >= 0.6 is 11.6 Å². The molecule has 3 rings (SSSR count). The summed E-state index contributed by atoms with van der Waals surface area (Å²) in [6.07, 6.45) is 2.89. The van der Waals surface area contributed by atoms with Crippen molar-refractivity contribution in [1.29, 1.82) is 0 Å². The molecule has 0 saturated carbocycles. The van der Waals surface area contributed by atoms with E-state index in [9.17, 15) is 4.79 Å². The van der Waals surface area contributed by atoms with E-state index in [1.54, 1.807) is 0 Å². The quantitative estimate of drug-likeness (QED) is 0.623. The third-order valence-corrected chi connectivity index (χ3v) is 3.98. The van der Waals surface area contributed by atoms with Crippen molar-refractivity contribution in [3.05, 3.63) is 70.9 Å². The van der Waals surface area contributed by atoms with Crippen molar-refractivity contribution >= 4 is 28.8 Å². The summed E-state index contributed by atoms with van der Waals surface area (Å²) in [7, 11) is 0. The van der Waals surface area contributed by atoms with Crippen LogP contribution in [-0.4, -0.2) is 10.9 Å². The van der Waals surface area contributed by atoms with Gasteiger partial charge >= 0.3 is 0 Å². The Morgan fingerprint density at radius 1 is 1.05 bits per heavy atom. The van der Waals surface area contributed by atoms with Crippen LogP contribution in [0.1, 0.15) is 22.5 Å². The van der Waals surface area contributed by atoms with Crippen molar-refractivity contribution in [2.75, 3.05) is 0 Å². The first-order valence-corrected chi connectivity index (χ1v) is 7.43. The van der Waals surface area contributed by atoms with Crippen molar-refractivity contribution < 1.29 is 4.79 Å². The Bertz CT molecular complexity index is 758. The zero-order chi connectivity index (χ0) is 14.7. The molecule has 1 heterocycles. The fourth-order valence-corrected chi connectivity index (χ4v) is 2.80. The number of benzene rings is 2. The maximum atomic E-state index is 11.2. The van der Waals surface area contributed by atoms with Crippen LogP contribution < -0.4 is 0 Å². The van der Waals surface area contributed by atoms with Crippen molar-refractivity contribution in [2.45, 2.75) is 19.4 Å². The number of para-hydroxylation sites is 1. The summed E-state index contributed by atoms with van der Waals surface area (Å²) < 4.78 is 2.10. The fraction of sp³-hybridized carbons (Fsp3) is 0.167. The first kappa shape index (κ1) is 13.9. The van der Waals surface area contributed by atoms with Gasteiger partial charge in [-0.25, -0.2) is 0 Å². The van der Waals surface area contributed by atoms with Crippen molar-refractivity contribution in [3.63, 3.8) is 0 Å². The zero-order valence-corrected chi connectivity index (χ0v) is 12.4. The minimum Gasteiger partial charge on any atom is -0.338 e. The fourth-order valence-electron chi connectivity index (χ4n) is 2.67. The number of carbonyl (C=O) groups is 1. The molecule has 0 unspecified atom stereocenters. The van der Waals surface area contributed by atoms with Gasteiger partial charge in [0.15, 0.2) is 6.29 Å². The summed E-state index contributed by atoms with van der Waals surface area (Å²) in [4.78, 5) is 11.2. The van der Waals surface area contributed by atoms with Crippen LogP contribution in [0.2, 0.25) is 5.02 Å². The van der Waals surface area contributed by atoms with E-state index < -0.39 is 0 Å². The molecule has 1 aromatic heterocycles. The molecule has 21 heavy (non-hydrogen) atoms. The Kier molecular flexibility index (Phi) is 4.07. The molecule has 3 heteroatoms. The second-order valence-corrected chi connectivity index (χ2v) is 5.56. The third kappa shape index (κ3) is 3.01. The molecule has 0 aliphatic heterocycles. The number of hydrogen-bond acceptors (Lipinski definition) is 1. The number of halogens is 1. The van der Waals surface area contributed by atoms with Crippen LogP contribution in [0.25, 0.3) is 10.9 Å². The summed E-state index contributed by atoms with van der Waals surface area (Å²) in [5, 5.41) is 1.88. The van der Waals surface area contributed by atoms with Crippen molar-refractivity contribution in [2.24, 2.45) is 0 Å². The summed E-state index contributed by atoms with van der Waals surface area (Å²) >= 11 is 5.89. The van der Waals surface area contributed by atoms with E-state index in [4.69, 9.17) is 11.6 Å². The van der Waals surface area contributed by atoms with E-state index in [0.29, 0.717) is 0 Å². The maximum absolute atomic E-state index is 11.2. The Morgan fingerprint density at radius 2 is 1.81 bits per heavy atom. The monoisotopic (exact) mass is 297 g/mol. The van der Waals surface area contributed by atoms with Gasteiger partial charge in [-0.05, 0) is 42.7 Å². The maximum Gasteiger partial charge on any atom is 0.166 e. The first-order valence-electron chi connectivity index (χ1n) is 7.06. The van der Waals surface area contributed by atoms with Crippen LogP contribution in [0, 0.1) is 0 Å². The lowest BCUT2D eigenvalue weighted by Crippen LogP contribution is -2.03. The van der Waals surface area contributed by atoms with E-state index in [2.05, 4.69) is 22.8 Å². The number of aromatic nitrogens is 1. The molecule has 2 nitrogen and oxygen atoms in total. The largest absolute Gasteiger partial charge is 0.338 e. The molecular formula is C18H16ClNO. The van der Waals surface area contributed by atoms with Crippen LogP contribution in [-0.2, 0) is 13.0 Å². The molecule has 0 atom stereocenters. The molecule has 0 amide bonds. The molecule has 0 aliphatic carbocycles. The van der Waals surface area contributed by atoms with Crippen LogP contribution in [0.15, 0.2) is 54.6 Å². The summed E-state index contributed by atoms with van der Waals surface area (Å²) in [5.41, 5.74) is 3.13. The number of hydrogen-bond donors (Lipinski definition) is 0. The van der Waals surface area contributed by atoms with Gasteiger partial charge in [0.25, 0.3) is 0 Å². The Morgan fingerprint density at radius 3 is 2.57 bits per heavy atom. The lowest BCUT2D eigenvalue weighted by Gasteiger charge is -2.08. The molecule has 0 spiro atoms. The standard InChI is InChI=1S/C18H16ClNO/c19-16-9-7-14(8-10-16)4-3-11-20-17(13-21)12-15-5-1-2-6-18(15)20/h1-2,5-10,12-13H,3-4,11H2. The molecule has 0 saturated heterocycles. The predicted molar refractivity (Wildman–Crippen MR) is 87.1 cm³/mol. The second-order valence-electron chi connectivity index (χ2n) is 5.13. The van der Waals surface area contributed by atoms with E-state index in [1.165, 1.54) is 5.56 Å². The highest BCUT2D eigenvalue weighted by Gasteiger charge is 2.07. The van der Waals surface area contributed by atoms with Gasteiger partial charge < -0.3 is 4.57 Å². The van der Waals surface area contributed by atoms with Gasteiger partial charge in [0, 0.05) is 22.5 Å². The van der Waals surface area contributed by atoms with Gasteiger partial charge in [-0.15, -0.1) is 0 Å². The van der Waals surface area contributed by atoms with Gasteiger partial charge in [-0.1, -0.05) is 41.9 Å². The number of fused-ring (bicyclic) bond motifs is 1. The molecule has 106 valence electrons. The van der Waals surface area contributed by atoms with Crippen molar-refractivity contribution in [1.82, 2.24) is 4.57 Å². The minimum atomic E-state index is 0.743. The molecule has 0 N–H and O–H groups in total. The van der Waals surface area contributed by atoms with E-state index in [1.807, 2.05) is 36.4 Å². The highest BCUT2D eigenvalue weighted by atomic mass is 35.5. The number of carbonyl (C=O) groups excluding carboxylic acids is 1. The molecule has 3 aromatic rings. The van der Waals surface area contributed by atoms with E-state index in [-0.39, 0.29) is 0 Å². The summed E-state index contributed by atoms with van der Waals surface area (Å²) in [5.74, 6) is 0. The molecule has 2 aromatic carbocycles. The average molecular weight is 298 g/mol. The minimum absolute atomic E-state index is 0.743. The molecular weight excluding hydrogens is 282 g/mol. The Balaban J connectivity index is 1.75. The summed E-state index contributed by atoms with van der Waals surface area (Å²) in [6, 6.07) is 18.0. The molecule has 0 radical (unpaired) electrons. The molecule has 0 bridgehead atoms. The van der Waals surface area contributed by atoms with E-state index in [0.717, 1.165) is 47.3 Å². The number of aryl methyl sites for hydroxylation is 2. The van der Waals surface area contributed by atoms with Gasteiger partial charge in [-0.3, -0.25) is 4.79 Å². The average Bonchev–Trinajstić information content (AvgIpc) is 2.87. The topological polar surface area (TPSA) is 22.0 Å². The number of rotatable bonds is 5. The highest BCUT2D eigenvalue weighted by Crippen LogP contribution is 2.20. The van der Waals surface area contributed by atoms with Crippen molar-refractivity contribution in [3.8, 4) is 0 Å². The van der Waals surface area contributed by atoms with Crippen LogP contribution in [0.5, 0.6) is 0 Å². The second kappa shape index (κ2) is 6.15. The number of nitrogens with zero attached hydrogens (tertiary/aromatic N) is 1. The van der Waals surface area contributed by atoms with Crippen LogP contribution in [0.3, 0.4) is 0 Å². The highest BCUT2D eigenvalue weighted by molar-refractivity contribution is 6.30. The lowest BCUT2D eigenvalue weighted by molar-refractivity contribution is 0.111. The smallest absolute Gasteiger partial charge is 0.166 e. The first-order chi connectivity index (χ1) is 10.3. The lowest BCUT2D eigenvalue weighted by atomic mass is 10.1. The summed E-state index contributed by atoms with van der Waals surface area (Å²) in [6.45, 7) is 0.838. The van der Waals surface area contributed by atoms with E-state index >= 15 is 0 Å². The van der Waals surface area contributed by atoms with Gasteiger partial charge in [0.2, 0.25) is 0 Å². The van der Waals surface area contributed by atoms with Gasteiger partial charge in [-0.2, -0.15) is 0 Å². The Labute approximate surface area is 129 Å². The van der Waals surface area contributed by atoms with Gasteiger partial charge in [0.05, 0.1) is 5.69 Å². The third-order valence-electron chi connectivity index (χ3n) is 3.72. The number of aldehydes is 1. The SMILES string of the molecule is O=Cc1cc2ccccc2n1CCCc1ccc(Cl)cc1. The van der Waals surface area contributed by atoms with Gasteiger partial charge in [0.1, 0.15) is 0 Å². The predicted octanol–water partition coefficient (Wildman–Crippen LogP) is 4.74. The molecule has 0 aliphatic rings. The van der Waals surface area contributed by atoms with Crippen LogP contribution in [0.4, 0.5) is 0 Å². The normalized spacial score (nSPS) is 10.9. The Hall–Kier alpha value is -2.06. The zero-order valence-electron chi connectivity index (χ0n) is 11.6. The molecule has 0 fully saturated rings.